The lowest BCUT2D eigenvalue weighted by atomic mass is 9.81. The molecule has 0 saturated carbocycles. The molecular formula is C19H21NO3. The summed E-state index contributed by atoms with van der Waals surface area (Å²) in [5, 5.41) is 0. The third kappa shape index (κ3) is 2.93. The Bertz CT molecular complexity index is 743. The van der Waals surface area contributed by atoms with Gasteiger partial charge in [-0.3, -0.25) is 4.79 Å². The lowest BCUT2D eigenvalue weighted by Crippen LogP contribution is -2.18. The van der Waals surface area contributed by atoms with E-state index in [1.165, 1.54) is 0 Å². The van der Waals surface area contributed by atoms with Crippen LogP contribution in [0.25, 0.3) is 0 Å². The van der Waals surface area contributed by atoms with Gasteiger partial charge in [-0.15, -0.1) is 0 Å². The van der Waals surface area contributed by atoms with Crippen molar-refractivity contribution < 1.29 is 14.3 Å². The molecule has 23 heavy (non-hydrogen) atoms. The first-order chi connectivity index (χ1) is 11.0. The molecule has 1 N–H and O–H groups in total. The van der Waals surface area contributed by atoms with Crippen molar-refractivity contribution in [1.82, 2.24) is 4.98 Å². The molecular weight excluding hydrogens is 290 g/mol. The molecule has 0 amide bonds. The second-order valence-corrected chi connectivity index (χ2v) is 6.37. The molecule has 1 aromatic carbocycles. The molecule has 1 unspecified atom stereocenters. The Labute approximate surface area is 135 Å². The highest BCUT2D eigenvalue weighted by Crippen LogP contribution is 2.35. The number of rotatable bonds is 3. The van der Waals surface area contributed by atoms with Gasteiger partial charge in [0.15, 0.2) is 5.78 Å². The fourth-order valence-corrected chi connectivity index (χ4v) is 3.27. The minimum absolute atomic E-state index is 0.0949. The maximum atomic E-state index is 12.6. The molecule has 1 aromatic heterocycles. The van der Waals surface area contributed by atoms with Crippen molar-refractivity contribution in [1.29, 1.82) is 0 Å². The number of H-pyrrole nitrogens is 1. The van der Waals surface area contributed by atoms with E-state index in [1.54, 1.807) is 0 Å². The molecule has 0 fully saturated rings. The lowest BCUT2D eigenvalue weighted by Gasteiger charge is -2.22. The van der Waals surface area contributed by atoms with E-state index >= 15 is 0 Å². The SMILES string of the molecule is Cc1c(C(=O)OC(C)C)[nH]c2c1C(=O)CC(c1ccccc1)C2. The molecule has 3 rings (SSSR count). The molecule has 1 atom stereocenters. The van der Waals surface area contributed by atoms with Crippen molar-refractivity contribution >= 4 is 11.8 Å². The van der Waals surface area contributed by atoms with Gasteiger partial charge in [-0.1, -0.05) is 30.3 Å². The number of nitrogens with one attached hydrogen (secondary N) is 1. The number of aromatic nitrogens is 1. The van der Waals surface area contributed by atoms with Gasteiger partial charge in [0.25, 0.3) is 0 Å². The summed E-state index contributed by atoms with van der Waals surface area (Å²) in [6, 6.07) is 10.0. The second-order valence-electron chi connectivity index (χ2n) is 6.37. The number of ether oxygens (including phenoxy) is 1. The van der Waals surface area contributed by atoms with Gasteiger partial charge in [0, 0.05) is 17.7 Å². The molecule has 4 heteroatoms. The first kappa shape index (κ1) is 15.5. The van der Waals surface area contributed by atoms with Crippen molar-refractivity contribution in [3.8, 4) is 0 Å². The van der Waals surface area contributed by atoms with Gasteiger partial charge in [-0.2, -0.15) is 0 Å². The summed E-state index contributed by atoms with van der Waals surface area (Å²) in [5.41, 5.74) is 3.80. The second kappa shape index (κ2) is 6.03. The van der Waals surface area contributed by atoms with E-state index in [0.717, 1.165) is 17.7 Å². The zero-order chi connectivity index (χ0) is 16.6. The standard InChI is InChI=1S/C19H21NO3/c1-11(2)23-19(22)18-12(3)17-15(20-18)9-14(10-16(17)21)13-7-5-4-6-8-13/h4-8,11,14,20H,9-10H2,1-3H3. The molecule has 0 radical (unpaired) electrons. The first-order valence-electron chi connectivity index (χ1n) is 7.98. The number of hydrogen-bond donors (Lipinski definition) is 1. The quantitative estimate of drug-likeness (QED) is 0.877. The predicted molar refractivity (Wildman–Crippen MR) is 87.9 cm³/mol. The van der Waals surface area contributed by atoms with Crippen molar-refractivity contribution in [3.05, 3.63) is 58.4 Å². The minimum atomic E-state index is -0.393. The van der Waals surface area contributed by atoms with Crippen LogP contribution in [0.3, 0.4) is 0 Å². The van der Waals surface area contributed by atoms with Crippen LogP contribution < -0.4 is 0 Å². The van der Waals surface area contributed by atoms with E-state index in [2.05, 4.69) is 4.98 Å². The third-order valence-corrected chi connectivity index (χ3v) is 4.31. The molecule has 0 spiro atoms. The van der Waals surface area contributed by atoms with Crippen LogP contribution in [0.15, 0.2) is 30.3 Å². The monoisotopic (exact) mass is 311 g/mol. The van der Waals surface area contributed by atoms with Crippen LogP contribution in [0, 0.1) is 6.92 Å². The van der Waals surface area contributed by atoms with Crippen LogP contribution in [0.5, 0.6) is 0 Å². The summed E-state index contributed by atoms with van der Waals surface area (Å²) >= 11 is 0. The Morgan fingerprint density at radius 2 is 1.91 bits per heavy atom. The summed E-state index contributed by atoms with van der Waals surface area (Å²) in [4.78, 5) is 27.9. The molecule has 2 aromatic rings. The van der Waals surface area contributed by atoms with Gasteiger partial charge < -0.3 is 9.72 Å². The van der Waals surface area contributed by atoms with Crippen molar-refractivity contribution in [3.63, 3.8) is 0 Å². The van der Waals surface area contributed by atoms with Crippen LogP contribution in [0.4, 0.5) is 0 Å². The van der Waals surface area contributed by atoms with Crippen LogP contribution in [-0.2, 0) is 11.2 Å². The molecule has 0 saturated heterocycles. The Balaban J connectivity index is 1.93. The van der Waals surface area contributed by atoms with Crippen molar-refractivity contribution in [2.45, 2.75) is 45.6 Å². The van der Waals surface area contributed by atoms with Crippen molar-refractivity contribution in [2.75, 3.05) is 0 Å². The van der Waals surface area contributed by atoms with Gasteiger partial charge in [-0.05, 0) is 44.2 Å². The largest absolute Gasteiger partial charge is 0.458 e. The summed E-state index contributed by atoms with van der Waals surface area (Å²) in [6.45, 7) is 5.44. The number of ketones is 1. The number of fused-ring (bicyclic) bond motifs is 1. The van der Waals surface area contributed by atoms with Crippen LogP contribution in [-0.4, -0.2) is 22.8 Å². The van der Waals surface area contributed by atoms with E-state index in [1.807, 2.05) is 51.1 Å². The van der Waals surface area contributed by atoms with Gasteiger partial charge >= 0.3 is 5.97 Å². The Morgan fingerprint density at radius 3 is 2.57 bits per heavy atom. The van der Waals surface area contributed by atoms with Gasteiger partial charge in [-0.25, -0.2) is 4.79 Å². The first-order valence-corrected chi connectivity index (χ1v) is 7.98. The number of hydrogen-bond acceptors (Lipinski definition) is 3. The highest BCUT2D eigenvalue weighted by molar-refractivity contribution is 6.03. The number of benzene rings is 1. The summed E-state index contributed by atoms with van der Waals surface area (Å²) < 4.78 is 5.26. The maximum Gasteiger partial charge on any atom is 0.355 e. The average molecular weight is 311 g/mol. The highest BCUT2D eigenvalue weighted by atomic mass is 16.5. The Morgan fingerprint density at radius 1 is 1.22 bits per heavy atom. The lowest BCUT2D eigenvalue weighted by molar-refractivity contribution is 0.0370. The normalized spacial score (nSPS) is 17.2. The van der Waals surface area contributed by atoms with E-state index < -0.39 is 5.97 Å². The third-order valence-electron chi connectivity index (χ3n) is 4.31. The Kier molecular flexibility index (Phi) is 4.07. The highest BCUT2D eigenvalue weighted by Gasteiger charge is 2.32. The maximum absolute atomic E-state index is 12.6. The van der Waals surface area contributed by atoms with E-state index in [-0.39, 0.29) is 17.8 Å². The molecule has 0 bridgehead atoms. The number of Topliss-reactive ketones (excluding diaryl/α,β-unsaturated/α-hetero) is 1. The van der Waals surface area contributed by atoms with Crippen LogP contribution in [0.2, 0.25) is 0 Å². The Hall–Kier alpha value is -2.36. The number of carbonyl (C=O) groups is 2. The zero-order valence-corrected chi connectivity index (χ0v) is 13.7. The van der Waals surface area contributed by atoms with E-state index in [0.29, 0.717) is 23.2 Å². The molecule has 0 aliphatic heterocycles. The molecule has 1 heterocycles. The molecule has 1 aliphatic rings. The molecule has 4 nitrogen and oxygen atoms in total. The summed E-state index contributed by atoms with van der Waals surface area (Å²) in [7, 11) is 0. The zero-order valence-electron chi connectivity index (χ0n) is 13.7. The fraction of sp³-hybridized carbons (Fsp3) is 0.368. The summed E-state index contributed by atoms with van der Waals surface area (Å²) in [6.07, 6.45) is 1.03. The van der Waals surface area contributed by atoms with E-state index in [9.17, 15) is 9.59 Å². The topological polar surface area (TPSA) is 59.2 Å². The number of esters is 1. The van der Waals surface area contributed by atoms with Gasteiger partial charge in [0.05, 0.1) is 6.10 Å². The smallest absolute Gasteiger partial charge is 0.355 e. The fourth-order valence-electron chi connectivity index (χ4n) is 3.27. The van der Waals surface area contributed by atoms with Gasteiger partial charge in [0.1, 0.15) is 5.69 Å². The van der Waals surface area contributed by atoms with Gasteiger partial charge in [0.2, 0.25) is 0 Å². The van der Waals surface area contributed by atoms with Crippen molar-refractivity contribution in [2.24, 2.45) is 0 Å². The molecule has 120 valence electrons. The minimum Gasteiger partial charge on any atom is -0.458 e. The van der Waals surface area contributed by atoms with E-state index in [4.69, 9.17) is 4.74 Å². The average Bonchev–Trinajstić information content (AvgIpc) is 2.85. The molecule has 1 aliphatic carbocycles. The number of carbonyl (C=O) groups excluding carboxylic acids is 2. The van der Waals surface area contributed by atoms with Crippen LogP contribution in [0.1, 0.15) is 63.9 Å². The van der Waals surface area contributed by atoms with Crippen LogP contribution >= 0.6 is 0 Å². The summed E-state index contributed by atoms with van der Waals surface area (Å²) in [5.74, 6) is -0.142. The predicted octanol–water partition coefficient (Wildman–Crippen LogP) is 3.80. The number of aromatic amines is 1.